The lowest BCUT2D eigenvalue weighted by atomic mass is 10.1. The van der Waals surface area contributed by atoms with E-state index in [1.807, 2.05) is 0 Å². The summed E-state index contributed by atoms with van der Waals surface area (Å²) in [5.74, 6) is -5.13. The van der Waals surface area contributed by atoms with Crippen molar-refractivity contribution >= 4 is 23.9 Å². The molecule has 1 rings (SSSR count). The SMILES string of the molecule is N[C@H](CC(=O)OC(=O)C1CNC(C(=O)O)C1)C(=O)O. The fraction of sp³-hybridized carbons (Fsp3) is 0.600. The molecule has 0 spiro atoms. The molecule has 0 radical (unpaired) electrons. The van der Waals surface area contributed by atoms with Crippen LogP contribution < -0.4 is 11.1 Å². The van der Waals surface area contributed by atoms with Gasteiger partial charge in [0.2, 0.25) is 0 Å². The van der Waals surface area contributed by atoms with Gasteiger partial charge < -0.3 is 26.0 Å². The van der Waals surface area contributed by atoms with Gasteiger partial charge in [0.05, 0.1) is 12.3 Å². The fourth-order valence-electron chi connectivity index (χ4n) is 1.61. The average Bonchev–Trinajstić information content (AvgIpc) is 2.77. The van der Waals surface area contributed by atoms with Gasteiger partial charge >= 0.3 is 23.9 Å². The molecular weight excluding hydrogens is 260 g/mol. The molecule has 106 valence electrons. The maximum atomic E-state index is 11.5. The summed E-state index contributed by atoms with van der Waals surface area (Å²) in [5, 5.41) is 19.8. The van der Waals surface area contributed by atoms with Crippen LogP contribution in [0, 0.1) is 5.92 Å². The highest BCUT2D eigenvalue weighted by Gasteiger charge is 2.35. The number of carboxylic acids is 2. The monoisotopic (exact) mass is 274 g/mol. The topological polar surface area (TPSA) is 156 Å². The highest BCUT2D eigenvalue weighted by molar-refractivity contribution is 5.90. The molecule has 9 nitrogen and oxygen atoms in total. The number of rotatable bonds is 5. The molecule has 1 fully saturated rings. The van der Waals surface area contributed by atoms with Gasteiger partial charge in [0.15, 0.2) is 0 Å². The second-order valence-electron chi connectivity index (χ2n) is 4.17. The van der Waals surface area contributed by atoms with Crippen molar-refractivity contribution in [1.29, 1.82) is 0 Å². The molecule has 0 saturated carbocycles. The molecule has 0 aromatic rings. The summed E-state index contributed by atoms with van der Waals surface area (Å²) >= 11 is 0. The Bertz CT molecular complexity index is 409. The molecule has 0 bridgehead atoms. The van der Waals surface area contributed by atoms with Gasteiger partial charge in [-0.2, -0.15) is 0 Å². The molecule has 1 saturated heterocycles. The molecule has 1 heterocycles. The van der Waals surface area contributed by atoms with Crippen LogP contribution in [-0.2, 0) is 23.9 Å². The Morgan fingerprint density at radius 3 is 2.42 bits per heavy atom. The Hall–Kier alpha value is -2.00. The van der Waals surface area contributed by atoms with Crippen molar-refractivity contribution in [1.82, 2.24) is 5.32 Å². The highest BCUT2D eigenvalue weighted by Crippen LogP contribution is 2.16. The zero-order chi connectivity index (χ0) is 14.6. The summed E-state index contributed by atoms with van der Waals surface area (Å²) in [7, 11) is 0. The van der Waals surface area contributed by atoms with E-state index in [0.29, 0.717) is 0 Å². The van der Waals surface area contributed by atoms with Gasteiger partial charge in [-0.1, -0.05) is 0 Å². The lowest BCUT2D eigenvalue weighted by Gasteiger charge is -2.09. The van der Waals surface area contributed by atoms with Crippen LogP contribution in [-0.4, -0.2) is 52.7 Å². The zero-order valence-corrected chi connectivity index (χ0v) is 9.87. The number of hydrogen-bond donors (Lipinski definition) is 4. The quantitative estimate of drug-likeness (QED) is 0.326. The summed E-state index contributed by atoms with van der Waals surface area (Å²) < 4.78 is 4.43. The Labute approximate surface area is 107 Å². The van der Waals surface area contributed by atoms with E-state index in [1.54, 1.807) is 0 Å². The van der Waals surface area contributed by atoms with Crippen LogP contribution in [0.5, 0.6) is 0 Å². The smallest absolute Gasteiger partial charge is 0.321 e. The molecule has 0 aromatic heterocycles. The van der Waals surface area contributed by atoms with E-state index in [-0.39, 0.29) is 13.0 Å². The summed E-state index contributed by atoms with van der Waals surface area (Å²) in [4.78, 5) is 43.8. The number of esters is 2. The van der Waals surface area contributed by atoms with E-state index in [1.165, 1.54) is 0 Å². The van der Waals surface area contributed by atoms with E-state index < -0.39 is 48.3 Å². The van der Waals surface area contributed by atoms with E-state index in [0.717, 1.165) is 0 Å². The van der Waals surface area contributed by atoms with Crippen molar-refractivity contribution in [3.63, 3.8) is 0 Å². The first-order chi connectivity index (χ1) is 8.81. The number of ether oxygens (including phenoxy) is 1. The predicted octanol–water partition coefficient (Wildman–Crippen LogP) is -2.08. The Balaban J connectivity index is 2.41. The third-order valence-electron chi connectivity index (χ3n) is 2.68. The number of carboxylic acid groups (broad SMARTS) is 2. The second-order valence-corrected chi connectivity index (χ2v) is 4.17. The number of nitrogens with two attached hydrogens (primary N) is 1. The third kappa shape index (κ3) is 4.30. The third-order valence-corrected chi connectivity index (χ3v) is 2.68. The number of aliphatic carboxylic acids is 2. The normalized spacial score (nSPS) is 23.6. The number of hydrogen-bond acceptors (Lipinski definition) is 7. The first kappa shape index (κ1) is 15.1. The van der Waals surface area contributed by atoms with Gasteiger partial charge in [-0.05, 0) is 6.42 Å². The van der Waals surface area contributed by atoms with Gasteiger partial charge in [-0.15, -0.1) is 0 Å². The van der Waals surface area contributed by atoms with Crippen LogP contribution in [0.25, 0.3) is 0 Å². The van der Waals surface area contributed by atoms with Gasteiger partial charge in [0, 0.05) is 6.54 Å². The molecule has 2 unspecified atom stereocenters. The minimum Gasteiger partial charge on any atom is -0.480 e. The van der Waals surface area contributed by atoms with E-state index in [2.05, 4.69) is 10.1 Å². The van der Waals surface area contributed by atoms with Gasteiger partial charge in [0.1, 0.15) is 12.1 Å². The van der Waals surface area contributed by atoms with E-state index >= 15 is 0 Å². The van der Waals surface area contributed by atoms with Crippen LogP contribution >= 0.6 is 0 Å². The van der Waals surface area contributed by atoms with Crippen molar-refractivity contribution in [2.24, 2.45) is 11.7 Å². The van der Waals surface area contributed by atoms with Crippen molar-refractivity contribution in [2.75, 3.05) is 6.54 Å². The molecule has 19 heavy (non-hydrogen) atoms. The minimum atomic E-state index is -1.44. The molecule has 0 aliphatic carbocycles. The largest absolute Gasteiger partial charge is 0.480 e. The van der Waals surface area contributed by atoms with Crippen LogP contribution in [0.3, 0.4) is 0 Å². The Morgan fingerprint density at radius 2 is 1.95 bits per heavy atom. The first-order valence-corrected chi connectivity index (χ1v) is 5.50. The molecule has 0 aromatic carbocycles. The first-order valence-electron chi connectivity index (χ1n) is 5.50. The number of nitrogens with one attached hydrogen (secondary N) is 1. The summed E-state index contributed by atoms with van der Waals surface area (Å²) in [6, 6.07) is -2.29. The lowest BCUT2D eigenvalue weighted by Crippen LogP contribution is -2.34. The molecule has 5 N–H and O–H groups in total. The second kappa shape index (κ2) is 6.25. The molecule has 9 heteroatoms. The highest BCUT2D eigenvalue weighted by atomic mass is 16.6. The maximum Gasteiger partial charge on any atom is 0.321 e. The Morgan fingerprint density at radius 1 is 1.32 bits per heavy atom. The molecule has 1 aliphatic heterocycles. The summed E-state index contributed by atoms with van der Waals surface area (Å²) in [6.45, 7) is 0.0913. The molecule has 0 amide bonds. The van der Waals surface area contributed by atoms with Gasteiger partial charge in [0.25, 0.3) is 0 Å². The molecule has 3 atom stereocenters. The van der Waals surface area contributed by atoms with Crippen molar-refractivity contribution < 1.29 is 34.1 Å². The van der Waals surface area contributed by atoms with E-state index in [4.69, 9.17) is 15.9 Å². The Kier molecular flexibility index (Phi) is 4.95. The minimum absolute atomic E-state index is 0.0203. The lowest BCUT2D eigenvalue weighted by molar-refractivity contribution is -0.163. The van der Waals surface area contributed by atoms with Crippen LogP contribution in [0.4, 0.5) is 0 Å². The summed E-state index contributed by atoms with van der Waals surface area (Å²) in [6.07, 6.45) is -0.601. The van der Waals surface area contributed by atoms with Crippen molar-refractivity contribution in [3.8, 4) is 0 Å². The van der Waals surface area contributed by atoms with Gasteiger partial charge in [-0.3, -0.25) is 19.2 Å². The standard InChI is InChI=1S/C10H14N2O7/c11-5(8(14)15)2-7(13)19-10(18)4-1-6(9(16)17)12-3-4/h4-6,12H,1-3,11H2,(H,14,15)(H,16,17)/t4?,5-,6?/m1/s1. The molecule has 1 aliphatic rings. The van der Waals surface area contributed by atoms with Crippen LogP contribution in [0.1, 0.15) is 12.8 Å². The van der Waals surface area contributed by atoms with Crippen LogP contribution in [0.15, 0.2) is 0 Å². The maximum absolute atomic E-state index is 11.5. The zero-order valence-electron chi connectivity index (χ0n) is 9.87. The van der Waals surface area contributed by atoms with Crippen LogP contribution in [0.2, 0.25) is 0 Å². The van der Waals surface area contributed by atoms with Crippen molar-refractivity contribution in [3.05, 3.63) is 0 Å². The predicted molar refractivity (Wildman–Crippen MR) is 58.9 cm³/mol. The summed E-state index contributed by atoms with van der Waals surface area (Å²) in [5.41, 5.74) is 5.11. The number of carbonyl (C=O) groups excluding carboxylic acids is 2. The van der Waals surface area contributed by atoms with Gasteiger partial charge in [-0.25, -0.2) is 0 Å². The average molecular weight is 274 g/mol. The van der Waals surface area contributed by atoms with E-state index in [9.17, 15) is 19.2 Å². The number of carbonyl (C=O) groups is 4. The molecular formula is C10H14N2O7. The fourth-order valence-corrected chi connectivity index (χ4v) is 1.61. The van der Waals surface area contributed by atoms with Crippen molar-refractivity contribution in [2.45, 2.75) is 24.9 Å².